The molecule has 0 heteroatoms. The third-order valence-corrected chi connectivity index (χ3v) is 6.62. The van der Waals surface area contributed by atoms with Crippen molar-refractivity contribution < 1.29 is 0 Å². The molecule has 0 atom stereocenters. The molecule has 1 aliphatic carbocycles. The molecule has 7 rings (SSSR count). The van der Waals surface area contributed by atoms with Crippen LogP contribution in [0.15, 0.2) is 97.1 Å². The van der Waals surface area contributed by atoms with Gasteiger partial charge in [0.05, 0.1) is 0 Å². The van der Waals surface area contributed by atoms with Crippen molar-refractivity contribution in [2.24, 2.45) is 0 Å². The molecule has 0 heterocycles. The summed E-state index contributed by atoms with van der Waals surface area (Å²) < 4.78 is 0. The first kappa shape index (κ1) is 15.3. The maximum atomic E-state index is 2.39. The first-order valence-electron chi connectivity index (χ1n) is 10.2. The monoisotopic (exact) mass is 366 g/mol. The van der Waals surface area contributed by atoms with Crippen molar-refractivity contribution in [2.45, 2.75) is 6.42 Å². The van der Waals surface area contributed by atoms with Gasteiger partial charge in [-0.05, 0) is 83.9 Å². The van der Waals surface area contributed by atoms with E-state index in [9.17, 15) is 0 Å². The van der Waals surface area contributed by atoms with E-state index in [1.54, 1.807) is 0 Å². The highest BCUT2D eigenvalue weighted by atomic mass is 14.3. The average molecular weight is 366 g/mol. The van der Waals surface area contributed by atoms with Gasteiger partial charge in [0.1, 0.15) is 0 Å². The minimum absolute atomic E-state index is 1.02. The van der Waals surface area contributed by atoms with Crippen LogP contribution in [0.2, 0.25) is 0 Å². The van der Waals surface area contributed by atoms with E-state index in [0.717, 1.165) is 6.42 Å². The fraction of sp³-hybridized carbons (Fsp3) is 0.0345. The van der Waals surface area contributed by atoms with E-state index in [2.05, 4.69) is 97.1 Å². The Morgan fingerprint density at radius 3 is 1.86 bits per heavy atom. The Labute approximate surface area is 169 Å². The lowest BCUT2D eigenvalue weighted by Gasteiger charge is -2.12. The third-order valence-electron chi connectivity index (χ3n) is 6.62. The maximum Gasteiger partial charge on any atom is -0.00130 e. The molecule has 0 amide bonds. The van der Waals surface area contributed by atoms with E-state index < -0.39 is 0 Å². The highest BCUT2D eigenvalue weighted by molar-refractivity contribution is 6.17. The summed E-state index contributed by atoms with van der Waals surface area (Å²) in [4.78, 5) is 0. The predicted octanol–water partition coefficient (Wildman–Crippen LogP) is 7.87. The lowest BCUT2D eigenvalue weighted by molar-refractivity contribution is 1.27. The predicted molar refractivity (Wildman–Crippen MR) is 125 cm³/mol. The minimum atomic E-state index is 1.02. The van der Waals surface area contributed by atoms with Crippen LogP contribution in [0.3, 0.4) is 0 Å². The van der Waals surface area contributed by atoms with Gasteiger partial charge in [-0.3, -0.25) is 0 Å². The zero-order valence-electron chi connectivity index (χ0n) is 15.9. The van der Waals surface area contributed by atoms with Gasteiger partial charge in [0.2, 0.25) is 0 Å². The molecule has 0 saturated carbocycles. The summed E-state index contributed by atoms with van der Waals surface area (Å²) in [6.07, 6.45) is 1.02. The molecule has 134 valence electrons. The van der Waals surface area contributed by atoms with Gasteiger partial charge in [0.15, 0.2) is 0 Å². The van der Waals surface area contributed by atoms with Crippen LogP contribution in [-0.4, -0.2) is 0 Å². The van der Waals surface area contributed by atoms with Crippen molar-refractivity contribution in [1.82, 2.24) is 0 Å². The number of benzene rings is 6. The summed E-state index contributed by atoms with van der Waals surface area (Å²) in [5.74, 6) is 0. The molecule has 29 heavy (non-hydrogen) atoms. The summed E-state index contributed by atoms with van der Waals surface area (Å²) in [6, 6.07) is 36.0. The van der Waals surface area contributed by atoms with Crippen LogP contribution >= 0.6 is 0 Å². The molecular formula is C29H18. The molecular weight excluding hydrogens is 348 g/mol. The largest absolute Gasteiger partial charge is 0.0616 e. The van der Waals surface area contributed by atoms with E-state index in [4.69, 9.17) is 0 Å². The van der Waals surface area contributed by atoms with Gasteiger partial charge in [-0.1, -0.05) is 84.9 Å². The van der Waals surface area contributed by atoms with Crippen LogP contribution in [0.1, 0.15) is 11.1 Å². The Hall–Kier alpha value is -3.64. The molecule has 0 N–H and O–H groups in total. The van der Waals surface area contributed by atoms with Crippen LogP contribution in [0.25, 0.3) is 54.2 Å². The molecule has 0 fully saturated rings. The molecule has 0 unspecified atom stereocenters. The summed E-state index contributed by atoms with van der Waals surface area (Å²) in [6.45, 7) is 0. The molecule has 0 saturated heterocycles. The van der Waals surface area contributed by atoms with E-state index >= 15 is 0 Å². The third kappa shape index (κ3) is 2.04. The van der Waals surface area contributed by atoms with Gasteiger partial charge >= 0.3 is 0 Å². The van der Waals surface area contributed by atoms with Crippen molar-refractivity contribution in [3.63, 3.8) is 0 Å². The molecule has 0 aromatic heterocycles. The molecule has 0 aliphatic heterocycles. The molecule has 6 aromatic carbocycles. The Bertz CT molecular complexity index is 1600. The zero-order chi connectivity index (χ0) is 18.9. The van der Waals surface area contributed by atoms with Gasteiger partial charge in [0.25, 0.3) is 0 Å². The van der Waals surface area contributed by atoms with Gasteiger partial charge in [0, 0.05) is 0 Å². The average Bonchev–Trinajstić information content (AvgIpc) is 3.17. The molecule has 6 aromatic rings. The van der Waals surface area contributed by atoms with Gasteiger partial charge < -0.3 is 0 Å². The highest BCUT2D eigenvalue weighted by Gasteiger charge is 2.23. The summed E-state index contributed by atoms with van der Waals surface area (Å²) in [5, 5.41) is 10.7. The fourth-order valence-electron chi connectivity index (χ4n) is 5.28. The first-order chi connectivity index (χ1) is 14.4. The number of hydrogen-bond donors (Lipinski definition) is 0. The van der Waals surface area contributed by atoms with Gasteiger partial charge in [-0.15, -0.1) is 0 Å². The van der Waals surface area contributed by atoms with Crippen LogP contribution < -0.4 is 0 Å². The molecule has 1 aliphatic rings. The van der Waals surface area contributed by atoms with Crippen LogP contribution in [-0.2, 0) is 6.42 Å². The van der Waals surface area contributed by atoms with Crippen molar-refractivity contribution in [3.05, 3.63) is 108 Å². The molecule has 0 spiro atoms. The maximum absolute atomic E-state index is 2.39. The summed E-state index contributed by atoms with van der Waals surface area (Å²) in [5.41, 5.74) is 5.76. The highest BCUT2D eigenvalue weighted by Crippen LogP contribution is 2.46. The van der Waals surface area contributed by atoms with Gasteiger partial charge in [-0.25, -0.2) is 0 Å². The number of rotatable bonds is 0. The number of fused-ring (bicyclic) bond motifs is 10. The van der Waals surface area contributed by atoms with Crippen LogP contribution in [0.5, 0.6) is 0 Å². The molecule has 0 nitrogen and oxygen atoms in total. The van der Waals surface area contributed by atoms with Crippen molar-refractivity contribution in [1.29, 1.82) is 0 Å². The van der Waals surface area contributed by atoms with E-state index in [0.29, 0.717) is 0 Å². The second-order valence-electron chi connectivity index (χ2n) is 8.18. The zero-order valence-corrected chi connectivity index (χ0v) is 15.9. The Kier molecular flexibility index (Phi) is 2.88. The van der Waals surface area contributed by atoms with Crippen molar-refractivity contribution in [2.75, 3.05) is 0 Å². The normalized spacial score (nSPS) is 12.7. The minimum Gasteiger partial charge on any atom is -0.0616 e. The number of hydrogen-bond acceptors (Lipinski definition) is 0. The van der Waals surface area contributed by atoms with E-state index in [-0.39, 0.29) is 0 Å². The van der Waals surface area contributed by atoms with Crippen LogP contribution in [0.4, 0.5) is 0 Å². The Morgan fingerprint density at radius 2 is 1.00 bits per heavy atom. The van der Waals surface area contributed by atoms with Crippen LogP contribution in [0, 0.1) is 0 Å². The second-order valence-corrected chi connectivity index (χ2v) is 8.18. The Morgan fingerprint density at radius 1 is 0.379 bits per heavy atom. The van der Waals surface area contributed by atoms with Crippen molar-refractivity contribution in [3.8, 4) is 11.1 Å². The lowest BCUT2D eigenvalue weighted by Crippen LogP contribution is -1.86. The summed E-state index contributed by atoms with van der Waals surface area (Å²) in [7, 11) is 0. The smallest absolute Gasteiger partial charge is 0.00130 e. The van der Waals surface area contributed by atoms with Gasteiger partial charge in [-0.2, -0.15) is 0 Å². The Balaban J connectivity index is 1.65. The lowest BCUT2D eigenvalue weighted by atomic mass is 9.91. The van der Waals surface area contributed by atoms with Crippen molar-refractivity contribution >= 4 is 43.1 Å². The SMILES string of the molecule is c1ccc2cc3c4c(ccc3cc2c1)Cc1ccc2c(ccc3ccccc32)c1-4. The fourth-order valence-corrected chi connectivity index (χ4v) is 5.28. The van der Waals surface area contributed by atoms with E-state index in [1.165, 1.54) is 65.3 Å². The topological polar surface area (TPSA) is 0 Å². The summed E-state index contributed by atoms with van der Waals surface area (Å²) >= 11 is 0. The molecule has 0 radical (unpaired) electrons. The first-order valence-corrected chi connectivity index (χ1v) is 10.2. The quantitative estimate of drug-likeness (QED) is 0.189. The second kappa shape index (κ2) is 5.46. The van der Waals surface area contributed by atoms with E-state index in [1.807, 2.05) is 0 Å². The molecule has 0 bridgehead atoms. The standard InChI is InChI=1S/C29H18/c1-2-7-20-17-27-21(15-19(20)6-1)9-10-22-16-23-12-13-25-24-8-4-3-5-18(24)11-14-26(25)28(23)29(22)27/h1-15,17H,16H2.